The first kappa shape index (κ1) is 20.5. The summed E-state index contributed by atoms with van der Waals surface area (Å²) in [4.78, 5) is 15.0. The predicted molar refractivity (Wildman–Crippen MR) is 129 cm³/mol. The lowest BCUT2D eigenvalue weighted by Gasteiger charge is -2.46. The molecule has 1 saturated heterocycles. The largest absolute Gasteiger partial charge is 0.346 e. The maximum absolute atomic E-state index is 13.6. The maximum Gasteiger partial charge on any atom is 0.239 e. The lowest BCUT2D eigenvalue weighted by Crippen LogP contribution is -2.62. The highest BCUT2D eigenvalue weighted by atomic mass is 16.2. The maximum atomic E-state index is 13.6. The van der Waals surface area contributed by atoms with Crippen molar-refractivity contribution in [1.29, 1.82) is 5.41 Å². The zero-order valence-electron chi connectivity index (χ0n) is 19.3. The van der Waals surface area contributed by atoms with Gasteiger partial charge in [0.2, 0.25) is 5.91 Å². The Hall–Kier alpha value is -3.15. The number of nitrogens with zero attached hydrogens (tertiary/aromatic N) is 3. The number of rotatable bonds is 5. The average molecular weight is 442 g/mol. The Labute approximate surface area is 194 Å². The van der Waals surface area contributed by atoms with E-state index < -0.39 is 11.5 Å². The Morgan fingerprint density at radius 2 is 1.82 bits per heavy atom. The monoisotopic (exact) mass is 441 g/mol. The van der Waals surface area contributed by atoms with E-state index in [-0.39, 0.29) is 11.9 Å². The summed E-state index contributed by atoms with van der Waals surface area (Å²) in [5.74, 6) is 1.05. The second kappa shape index (κ2) is 7.44. The van der Waals surface area contributed by atoms with Gasteiger partial charge >= 0.3 is 0 Å². The molecule has 33 heavy (non-hydrogen) atoms. The molecule has 0 unspecified atom stereocenters. The number of nitrogens with one attached hydrogen (secondary N) is 2. The van der Waals surface area contributed by atoms with E-state index in [4.69, 9.17) is 5.41 Å². The zero-order valence-corrected chi connectivity index (χ0v) is 19.3. The fourth-order valence-corrected chi connectivity index (χ4v) is 5.50. The summed E-state index contributed by atoms with van der Waals surface area (Å²) in [6.07, 6.45) is 8.32. The SMILES string of the molecule is CN1C(=N)N[C@](C)(c2ccc3cnn(CC4CCC4)c3c2)[C@H](c2ccc(C3CC3)cc2)C1=O. The van der Waals surface area contributed by atoms with Gasteiger partial charge in [-0.1, -0.05) is 42.8 Å². The van der Waals surface area contributed by atoms with Crippen molar-refractivity contribution >= 4 is 22.8 Å². The van der Waals surface area contributed by atoms with Crippen LogP contribution in [0.15, 0.2) is 48.7 Å². The quantitative estimate of drug-likeness (QED) is 0.602. The van der Waals surface area contributed by atoms with Gasteiger partial charge in [0, 0.05) is 19.0 Å². The van der Waals surface area contributed by atoms with Crippen LogP contribution >= 0.6 is 0 Å². The number of carbonyl (C=O) groups is 1. The van der Waals surface area contributed by atoms with Crippen LogP contribution in [0.1, 0.15) is 67.6 Å². The number of aromatic nitrogens is 2. The summed E-state index contributed by atoms with van der Waals surface area (Å²) < 4.78 is 2.12. The average Bonchev–Trinajstić information content (AvgIpc) is 3.55. The number of likely N-dealkylation sites (N-methyl/N-ethyl adjacent to an activating group) is 1. The molecule has 6 nitrogen and oxygen atoms in total. The van der Waals surface area contributed by atoms with E-state index >= 15 is 0 Å². The predicted octanol–water partition coefficient (Wildman–Crippen LogP) is 4.71. The van der Waals surface area contributed by atoms with E-state index in [1.165, 1.54) is 42.6 Å². The molecule has 170 valence electrons. The van der Waals surface area contributed by atoms with Gasteiger partial charge in [0.25, 0.3) is 0 Å². The van der Waals surface area contributed by atoms with Gasteiger partial charge in [-0.15, -0.1) is 0 Å². The Balaban J connectivity index is 1.42. The van der Waals surface area contributed by atoms with Gasteiger partial charge < -0.3 is 5.32 Å². The topological polar surface area (TPSA) is 74.0 Å². The van der Waals surface area contributed by atoms with Crippen molar-refractivity contribution in [1.82, 2.24) is 20.0 Å². The molecule has 3 aliphatic rings. The summed E-state index contributed by atoms with van der Waals surface area (Å²) in [5.41, 5.74) is 3.72. The third-order valence-electron chi connectivity index (χ3n) is 8.09. The van der Waals surface area contributed by atoms with Crippen LogP contribution in [0, 0.1) is 11.3 Å². The van der Waals surface area contributed by atoms with Crippen molar-refractivity contribution in [3.8, 4) is 0 Å². The molecule has 6 rings (SSSR count). The van der Waals surface area contributed by atoms with Crippen molar-refractivity contribution in [2.75, 3.05) is 7.05 Å². The zero-order chi connectivity index (χ0) is 22.7. The van der Waals surface area contributed by atoms with Crippen molar-refractivity contribution in [2.24, 2.45) is 5.92 Å². The summed E-state index contributed by atoms with van der Waals surface area (Å²) in [6.45, 7) is 3.00. The van der Waals surface area contributed by atoms with Crippen LogP contribution in [-0.4, -0.2) is 33.6 Å². The van der Waals surface area contributed by atoms with Crippen LogP contribution in [0.4, 0.5) is 0 Å². The molecule has 1 aliphatic heterocycles. The van der Waals surface area contributed by atoms with Crippen LogP contribution in [-0.2, 0) is 16.9 Å². The van der Waals surface area contributed by atoms with Gasteiger partial charge in [0.15, 0.2) is 5.96 Å². The summed E-state index contributed by atoms with van der Waals surface area (Å²) in [7, 11) is 1.68. The number of fused-ring (bicyclic) bond motifs is 1. The smallest absolute Gasteiger partial charge is 0.239 e. The number of guanidine groups is 1. The fourth-order valence-electron chi connectivity index (χ4n) is 5.50. The molecule has 1 aromatic heterocycles. The lowest BCUT2D eigenvalue weighted by molar-refractivity contribution is -0.131. The Morgan fingerprint density at radius 3 is 2.48 bits per heavy atom. The lowest BCUT2D eigenvalue weighted by atomic mass is 9.73. The van der Waals surface area contributed by atoms with Crippen LogP contribution < -0.4 is 5.32 Å². The number of benzene rings is 2. The van der Waals surface area contributed by atoms with E-state index in [0.717, 1.165) is 28.6 Å². The van der Waals surface area contributed by atoms with Gasteiger partial charge in [-0.3, -0.25) is 19.8 Å². The fraction of sp³-hybridized carbons (Fsp3) is 0.444. The normalized spacial score (nSPS) is 25.9. The number of hydrogen-bond acceptors (Lipinski definition) is 3. The van der Waals surface area contributed by atoms with Gasteiger partial charge in [0.05, 0.1) is 23.2 Å². The molecular formula is C27H31N5O. The third kappa shape index (κ3) is 3.35. The van der Waals surface area contributed by atoms with Crippen LogP contribution in [0.3, 0.4) is 0 Å². The molecule has 0 radical (unpaired) electrons. The first-order valence-corrected chi connectivity index (χ1v) is 12.1. The third-order valence-corrected chi connectivity index (χ3v) is 8.09. The van der Waals surface area contributed by atoms with Gasteiger partial charge in [-0.05, 0) is 67.2 Å². The molecule has 2 aromatic carbocycles. The molecule has 3 aromatic rings. The van der Waals surface area contributed by atoms with Crippen molar-refractivity contribution in [3.63, 3.8) is 0 Å². The summed E-state index contributed by atoms with van der Waals surface area (Å²) in [5, 5.41) is 17.6. The Kier molecular flexibility index (Phi) is 4.61. The van der Waals surface area contributed by atoms with E-state index in [1.54, 1.807) is 7.05 Å². The minimum Gasteiger partial charge on any atom is -0.346 e. The standard InChI is InChI=1S/C27H31N5O/c1-27(22-13-12-21-15-29-32(23(21)14-22)16-17-4-3-5-17)24(25(33)31(2)26(28)30-27)20-10-8-19(9-11-20)18-6-7-18/h8-15,17-18,24H,3-7,16H2,1-2H3,(H2,28,30)/t24-,27-/m1/s1. The molecular weight excluding hydrogens is 410 g/mol. The minimum absolute atomic E-state index is 0.0523. The number of carbonyl (C=O) groups excluding carboxylic acids is 1. The molecule has 2 N–H and O–H groups in total. The van der Waals surface area contributed by atoms with Gasteiger partial charge in [0.1, 0.15) is 0 Å². The first-order valence-electron chi connectivity index (χ1n) is 12.1. The molecule has 2 aliphatic carbocycles. The molecule has 0 bridgehead atoms. The molecule has 0 spiro atoms. The summed E-state index contributed by atoms with van der Waals surface area (Å²) in [6, 6.07) is 14.9. The molecule has 2 saturated carbocycles. The Bertz CT molecular complexity index is 1240. The van der Waals surface area contributed by atoms with Crippen LogP contribution in [0.25, 0.3) is 10.9 Å². The van der Waals surface area contributed by atoms with Crippen molar-refractivity contribution in [3.05, 3.63) is 65.4 Å². The number of amides is 1. The van der Waals surface area contributed by atoms with Crippen LogP contribution in [0.5, 0.6) is 0 Å². The minimum atomic E-state index is -0.735. The first-order chi connectivity index (χ1) is 15.9. The molecule has 2 heterocycles. The molecule has 1 amide bonds. The highest BCUT2D eigenvalue weighted by Gasteiger charge is 2.48. The molecule has 3 fully saturated rings. The van der Waals surface area contributed by atoms with Gasteiger partial charge in [-0.2, -0.15) is 5.10 Å². The van der Waals surface area contributed by atoms with E-state index in [0.29, 0.717) is 11.8 Å². The Morgan fingerprint density at radius 1 is 1.09 bits per heavy atom. The highest BCUT2D eigenvalue weighted by molar-refractivity contribution is 6.02. The van der Waals surface area contributed by atoms with Crippen molar-refractivity contribution < 1.29 is 4.79 Å². The molecule has 2 atom stereocenters. The second-order valence-corrected chi connectivity index (χ2v) is 10.3. The second-order valence-electron chi connectivity index (χ2n) is 10.3. The number of hydrogen-bond donors (Lipinski definition) is 2. The van der Waals surface area contributed by atoms with E-state index in [1.807, 2.05) is 6.20 Å². The van der Waals surface area contributed by atoms with Crippen LogP contribution in [0.2, 0.25) is 0 Å². The molecule has 6 heteroatoms. The van der Waals surface area contributed by atoms with E-state index in [9.17, 15) is 4.79 Å². The highest BCUT2D eigenvalue weighted by Crippen LogP contribution is 2.44. The van der Waals surface area contributed by atoms with Gasteiger partial charge in [-0.25, -0.2) is 0 Å². The van der Waals surface area contributed by atoms with Crippen molar-refractivity contribution in [2.45, 2.75) is 62.9 Å². The summed E-state index contributed by atoms with van der Waals surface area (Å²) >= 11 is 0. The van der Waals surface area contributed by atoms with E-state index in [2.05, 4.69) is 64.5 Å².